The van der Waals surface area contributed by atoms with E-state index in [4.69, 9.17) is 0 Å². The Morgan fingerprint density at radius 3 is 2.57 bits per heavy atom. The van der Waals surface area contributed by atoms with Crippen LogP contribution in [-0.2, 0) is 11.0 Å². The second-order valence-corrected chi connectivity index (χ2v) is 7.99. The molecule has 1 aliphatic heterocycles. The molecule has 11 heteroatoms. The molecule has 0 saturated carbocycles. The fourth-order valence-corrected chi connectivity index (χ4v) is 3.98. The lowest BCUT2D eigenvalue weighted by Gasteiger charge is -2.27. The Labute approximate surface area is 198 Å². The van der Waals surface area contributed by atoms with Crippen molar-refractivity contribution < 1.29 is 27.6 Å². The van der Waals surface area contributed by atoms with Crippen molar-refractivity contribution in [1.82, 2.24) is 15.2 Å². The van der Waals surface area contributed by atoms with Crippen molar-refractivity contribution in [2.45, 2.75) is 18.6 Å². The highest BCUT2D eigenvalue weighted by Crippen LogP contribution is 2.32. The van der Waals surface area contributed by atoms with Crippen molar-refractivity contribution in [3.05, 3.63) is 72.4 Å². The number of nitrogens with one attached hydrogen (secondary N) is 4. The van der Waals surface area contributed by atoms with Gasteiger partial charge in [-0.2, -0.15) is 13.2 Å². The highest BCUT2D eigenvalue weighted by molar-refractivity contribution is 6.03. The van der Waals surface area contributed by atoms with Gasteiger partial charge in [0.05, 0.1) is 11.6 Å². The predicted octanol–water partition coefficient (Wildman–Crippen LogP) is 4.28. The normalized spacial score (nSPS) is 15.2. The lowest BCUT2D eigenvalue weighted by atomic mass is 10.1. The van der Waals surface area contributed by atoms with Gasteiger partial charge in [-0.1, -0.05) is 12.1 Å². The first-order valence-corrected chi connectivity index (χ1v) is 10.7. The number of fused-ring (bicyclic) bond motifs is 3. The zero-order chi connectivity index (χ0) is 25.2. The minimum absolute atomic E-state index is 0.00743. The Hall–Kier alpha value is -4.28. The smallest absolute Gasteiger partial charge is 0.353 e. The number of carbonyl (C=O) groups excluding carboxylic acids is 3. The van der Waals surface area contributed by atoms with E-state index in [-0.39, 0.29) is 36.5 Å². The molecule has 4 N–H and O–H groups in total. The van der Waals surface area contributed by atoms with Gasteiger partial charge in [0, 0.05) is 41.8 Å². The summed E-state index contributed by atoms with van der Waals surface area (Å²) in [7, 11) is 0. The molecule has 1 atom stereocenters. The number of anilines is 2. The van der Waals surface area contributed by atoms with E-state index in [1.807, 2.05) is 0 Å². The third-order valence-corrected chi connectivity index (χ3v) is 5.51. The van der Waals surface area contributed by atoms with Gasteiger partial charge in [0.15, 0.2) is 0 Å². The van der Waals surface area contributed by atoms with E-state index in [0.29, 0.717) is 28.8 Å². The molecule has 4 rings (SSSR count). The lowest BCUT2D eigenvalue weighted by molar-refractivity contribution is -0.137. The van der Waals surface area contributed by atoms with Gasteiger partial charge in [-0.3, -0.25) is 9.59 Å². The number of halogens is 3. The Morgan fingerprint density at radius 2 is 1.86 bits per heavy atom. The molecule has 0 spiro atoms. The highest BCUT2D eigenvalue weighted by atomic mass is 19.4. The minimum Gasteiger partial charge on any atom is -0.353 e. The third-order valence-electron chi connectivity index (χ3n) is 5.51. The Balaban J connectivity index is 1.53. The zero-order valence-electron chi connectivity index (χ0n) is 18.4. The number of amides is 4. The summed E-state index contributed by atoms with van der Waals surface area (Å²) in [4.78, 5) is 37.0. The van der Waals surface area contributed by atoms with Gasteiger partial charge in [-0.25, -0.2) is 4.79 Å². The average molecular weight is 485 g/mol. The standard InChI is InChI=1S/C24H22F3N5O3/c1-2-8-28-21(33)12-18-13-29-22(34)20-10-14-9-17(6-7-19(14)32(18)20)31-23(35)30-16-5-3-4-15(11-16)24(25,26)27/h2-7,9-11,18H,1,8,12-13H2,(H,28,33)(H,29,34)(H2,30,31,35). The Kier molecular flexibility index (Phi) is 6.50. The second kappa shape index (κ2) is 9.53. The molecule has 0 radical (unpaired) electrons. The molecule has 1 unspecified atom stereocenters. The molecule has 1 aliphatic rings. The molecule has 0 fully saturated rings. The zero-order valence-corrected chi connectivity index (χ0v) is 18.4. The summed E-state index contributed by atoms with van der Waals surface area (Å²) in [5, 5.41) is 11.1. The molecule has 0 bridgehead atoms. The number of urea groups is 1. The van der Waals surface area contributed by atoms with Crippen LogP contribution < -0.4 is 21.3 Å². The van der Waals surface area contributed by atoms with Gasteiger partial charge in [0.2, 0.25) is 5.91 Å². The van der Waals surface area contributed by atoms with E-state index < -0.39 is 17.8 Å². The largest absolute Gasteiger partial charge is 0.416 e. The quantitative estimate of drug-likeness (QED) is 0.392. The van der Waals surface area contributed by atoms with Crippen LogP contribution in [-0.4, -0.2) is 35.5 Å². The molecule has 2 heterocycles. The van der Waals surface area contributed by atoms with Gasteiger partial charge in [-0.05, 0) is 42.5 Å². The van der Waals surface area contributed by atoms with Crippen molar-refractivity contribution in [3.63, 3.8) is 0 Å². The van der Waals surface area contributed by atoms with Crippen LogP contribution in [0.3, 0.4) is 0 Å². The first-order valence-electron chi connectivity index (χ1n) is 10.7. The van der Waals surface area contributed by atoms with Crippen molar-refractivity contribution in [2.24, 2.45) is 0 Å². The summed E-state index contributed by atoms with van der Waals surface area (Å²) < 4.78 is 40.5. The van der Waals surface area contributed by atoms with Gasteiger partial charge in [-0.15, -0.1) is 6.58 Å². The molecular formula is C24H22F3N5O3. The number of aromatic nitrogens is 1. The second-order valence-electron chi connectivity index (χ2n) is 7.99. The summed E-state index contributed by atoms with van der Waals surface area (Å²) in [6.45, 7) is 4.20. The molecule has 182 valence electrons. The number of nitrogens with zero attached hydrogens (tertiary/aromatic N) is 1. The van der Waals surface area contributed by atoms with Crippen molar-refractivity contribution in [2.75, 3.05) is 23.7 Å². The van der Waals surface area contributed by atoms with Crippen LogP contribution in [0.2, 0.25) is 0 Å². The monoisotopic (exact) mass is 485 g/mol. The summed E-state index contributed by atoms with van der Waals surface area (Å²) in [6, 6.07) is 9.93. The molecule has 4 amide bonds. The first kappa shape index (κ1) is 23.9. The van der Waals surface area contributed by atoms with Crippen LogP contribution in [0.4, 0.5) is 29.3 Å². The fourth-order valence-electron chi connectivity index (χ4n) is 3.98. The summed E-state index contributed by atoms with van der Waals surface area (Å²) >= 11 is 0. The number of rotatable bonds is 6. The molecule has 0 saturated heterocycles. The topological polar surface area (TPSA) is 104 Å². The number of carbonyl (C=O) groups is 3. The highest BCUT2D eigenvalue weighted by Gasteiger charge is 2.31. The predicted molar refractivity (Wildman–Crippen MR) is 125 cm³/mol. The van der Waals surface area contributed by atoms with Crippen LogP contribution in [0.5, 0.6) is 0 Å². The molecule has 3 aromatic rings. The van der Waals surface area contributed by atoms with Crippen molar-refractivity contribution in [1.29, 1.82) is 0 Å². The van der Waals surface area contributed by atoms with E-state index >= 15 is 0 Å². The maximum Gasteiger partial charge on any atom is 0.416 e. The average Bonchev–Trinajstić information content (AvgIpc) is 3.19. The van der Waals surface area contributed by atoms with E-state index in [1.165, 1.54) is 12.1 Å². The van der Waals surface area contributed by atoms with Gasteiger partial charge < -0.3 is 25.8 Å². The van der Waals surface area contributed by atoms with E-state index in [1.54, 1.807) is 34.9 Å². The summed E-state index contributed by atoms with van der Waals surface area (Å²) in [5.74, 6) is -0.454. The molecule has 2 aromatic carbocycles. The van der Waals surface area contributed by atoms with Crippen LogP contribution >= 0.6 is 0 Å². The third kappa shape index (κ3) is 5.29. The number of hydrogen-bond acceptors (Lipinski definition) is 3. The Bertz CT molecular complexity index is 1320. The summed E-state index contributed by atoms with van der Waals surface area (Å²) in [5.41, 5.74) is 0.596. The maximum atomic E-state index is 12.9. The summed E-state index contributed by atoms with van der Waals surface area (Å²) in [6.07, 6.45) is -2.79. The van der Waals surface area contributed by atoms with Crippen LogP contribution in [0.15, 0.2) is 61.2 Å². The van der Waals surface area contributed by atoms with Crippen LogP contribution in [0.25, 0.3) is 10.9 Å². The van der Waals surface area contributed by atoms with Crippen LogP contribution in [0.1, 0.15) is 28.5 Å². The molecule has 35 heavy (non-hydrogen) atoms. The van der Waals surface area contributed by atoms with E-state index in [9.17, 15) is 27.6 Å². The number of alkyl halides is 3. The minimum atomic E-state index is -4.52. The van der Waals surface area contributed by atoms with Crippen LogP contribution in [0, 0.1) is 0 Å². The Morgan fingerprint density at radius 1 is 1.11 bits per heavy atom. The maximum absolute atomic E-state index is 12.9. The lowest BCUT2D eigenvalue weighted by Crippen LogP contribution is -2.40. The molecule has 8 nitrogen and oxygen atoms in total. The first-order chi connectivity index (χ1) is 16.7. The molecular weight excluding hydrogens is 463 g/mol. The number of benzene rings is 2. The SMILES string of the molecule is C=CCNC(=O)CC1CNC(=O)c2cc3cc(NC(=O)Nc4cccc(C(F)(F)F)c4)ccc3n21. The van der Waals surface area contributed by atoms with Gasteiger partial charge >= 0.3 is 12.2 Å². The fraction of sp³-hybridized carbons (Fsp3) is 0.208. The molecule has 1 aromatic heterocycles. The van der Waals surface area contributed by atoms with Crippen molar-refractivity contribution >= 4 is 40.1 Å². The van der Waals surface area contributed by atoms with E-state index in [0.717, 1.165) is 12.1 Å². The van der Waals surface area contributed by atoms with Gasteiger partial charge in [0.25, 0.3) is 5.91 Å². The van der Waals surface area contributed by atoms with E-state index in [2.05, 4.69) is 27.8 Å². The number of hydrogen-bond donors (Lipinski definition) is 4. The van der Waals surface area contributed by atoms with Crippen molar-refractivity contribution in [3.8, 4) is 0 Å². The van der Waals surface area contributed by atoms with Gasteiger partial charge in [0.1, 0.15) is 5.69 Å². The molecule has 0 aliphatic carbocycles.